The van der Waals surface area contributed by atoms with Crippen LogP contribution in [0.3, 0.4) is 0 Å². The predicted molar refractivity (Wildman–Crippen MR) is 70.7 cm³/mol. The Kier molecular flexibility index (Phi) is 3.97. The van der Waals surface area contributed by atoms with Gasteiger partial charge in [-0.1, -0.05) is 12.1 Å². The van der Waals surface area contributed by atoms with Gasteiger partial charge in [-0.25, -0.2) is 9.18 Å². The minimum Gasteiger partial charge on any atom is -0.288 e. The first-order chi connectivity index (χ1) is 10.0. The van der Waals surface area contributed by atoms with E-state index in [1.807, 2.05) is 0 Å². The van der Waals surface area contributed by atoms with E-state index in [-0.39, 0.29) is 22.5 Å². The number of ketones is 1. The Morgan fingerprint density at radius 1 is 1.19 bits per heavy atom. The fourth-order valence-corrected chi connectivity index (χ4v) is 1.76. The van der Waals surface area contributed by atoms with Crippen molar-refractivity contribution in [1.82, 2.24) is 0 Å². The zero-order valence-corrected chi connectivity index (χ0v) is 10.4. The minimum atomic E-state index is -0.800. The smallest absolute Gasteiger partial charge is 0.270 e. The van der Waals surface area contributed by atoms with E-state index in [9.17, 15) is 24.1 Å². The monoisotopic (exact) mass is 286 g/mol. The molecule has 0 amide bonds. The van der Waals surface area contributed by atoms with Gasteiger partial charge in [0.15, 0.2) is 5.78 Å². The summed E-state index contributed by atoms with van der Waals surface area (Å²) in [4.78, 5) is 36.0. The number of benzene rings is 2. The summed E-state index contributed by atoms with van der Waals surface area (Å²) in [5.74, 6) is -1.57. The predicted octanol–water partition coefficient (Wildman–Crippen LogP) is 2.93. The van der Waals surface area contributed by atoms with Crippen LogP contribution in [-0.4, -0.2) is 16.8 Å². The second kappa shape index (κ2) is 5.85. The van der Waals surface area contributed by atoms with E-state index in [0.717, 1.165) is 24.3 Å². The Balaban J connectivity index is 2.63. The van der Waals surface area contributed by atoms with Crippen molar-refractivity contribution in [1.29, 1.82) is 0 Å². The van der Waals surface area contributed by atoms with Gasteiger partial charge in [0, 0.05) is 12.1 Å². The van der Waals surface area contributed by atoms with Crippen molar-refractivity contribution in [2.75, 3.05) is 0 Å². The SMILES string of the molecule is O=C=Nc1ccc([N+](=O)[O-])cc1C(=O)c1ccccc1F. The van der Waals surface area contributed by atoms with Gasteiger partial charge in [-0.05, 0) is 18.2 Å². The zero-order chi connectivity index (χ0) is 15.4. The highest BCUT2D eigenvalue weighted by molar-refractivity contribution is 6.12. The Labute approximate surface area is 117 Å². The Hall–Kier alpha value is -3.18. The van der Waals surface area contributed by atoms with Gasteiger partial charge in [-0.3, -0.25) is 14.9 Å². The van der Waals surface area contributed by atoms with Crippen LogP contribution in [0.4, 0.5) is 15.8 Å². The molecule has 0 spiro atoms. The largest absolute Gasteiger partial charge is 0.288 e. The molecule has 0 unspecified atom stereocenters. The number of hydrogen-bond acceptors (Lipinski definition) is 5. The molecule has 6 nitrogen and oxygen atoms in total. The van der Waals surface area contributed by atoms with E-state index in [1.54, 1.807) is 0 Å². The minimum absolute atomic E-state index is 0.108. The number of carbonyl (C=O) groups is 1. The van der Waals surface area contributed by atoms with Gasteiger partial charge in [-0.15, -0.1) is 0 Å². The van der Waals surface area contributed by atoms with Crippen LogP contribution in [0.25, 0.3) is 0 Å². The molecule has 0 fully saturated rings. The molecule has 2 aromatic rings. The third kappa shape index (κ3) is 2.88. The summed E-state index contributed by atoms with van der Waals surface area (Å²) in [6.45, 7) is 0. The Bertz CT molecular complexity index is 782. The van der Waals surface area contributed by atoms with Crippen molar-refractivity contribution in [3.05, 3.63) is 69.5 Å². The van der Waals surface area contributed by atoms with Gasteiger partial charge in [-0.2, -0.15) is 4.99 Å². The van der Waals surface area contributed by atoms with Crippen LogP contribution in [0.2, 0.25) is 0 Å². The molecule has 104 valence electrons. The summed E-state index contributed by atoms with van der Waals surface area (Å²) >= 11 is 0. The van der Waals surface area contributed by atoms with E-state index in [0.29, 0.717) is 0 Å². The van der Waals surface area contributed by atoms with E-state index in [4.69, 9.17) is 0 Å². The fraction of sp³-hybridized carbons (Fsp3) is 0. The maximum Gasteiger partial charge on any atom is 0.270 e. The third-order valence-electron chi connectivity index (χ3n) is 2.72. The summed E-state index contributed by atoms with van der Waals surface area (Å²) < 4.78 is 13.6. The third-order valence-corrected chi connectivity index (χ3v) is 2.72. The van der Waals surface area contributed by atoms with E-state index < -0.39 is 16.5 Å². The molecule has 2 rings (SSSR count). The Morgan fingerprint density at radius 2 is 1.90 bits per heavy atom. The molecule has 0 N–H and O–H groups in total. The van der Waals surface area contributed by atoms with Crippen molar-refractivity contribution in [2.45, 2.75) is 0 Å². The lowest BCUT2D eigenvalue weighted by Crippen LogP contribution is -2.05. The normalized spacial score (nSPS) is 9.76. The van der Waals surface area contributed by atoms with Crippen molar-refractivity contribution in [2.24, 2.45) is 4.99 Å². The average Bonchev–Trinajstić information content (AvgIpc) is 2.47. The number of carbonyl (C=O) groups excluding carboxylic acids is 2. The summed E-state index contributed by atoms with van der Waals surface area (Å²) in [5, 5.41) is 10.8. The molecule has 0 aliphatic heterocycles. The van der Waals surface area contributed by atoms with Crippen molar-refractivity contribution in [3.8, 4) is 0 Å². The molecule has 0 aliphatic carbocycles. The van der Waals surface area contributed by atoms with Crippen LogP contribution in [0, 0.1) is 15.9 Å². The number of halogens is 1. The molecule has 21 heavy (non-hydrogen) atoms. The van der Waals surface area contributed by atoms with Gasteiger partial charge in [0.25, 0.3) is 5.69 Å². The van der Waals surface area contributed by atoms with Gasteiger partial charge in [0.1, 0.15) is 5.82 Å². The molecule has 0 radical (unpaired) electrons. The van der Waals surface area contributed by atoms with Crippen LogP contribution < -0.4 is 0 Å². The number of isocyanates is 1. The van der Waals surface area contributed by atoms with Crippen LogP contribution in [-0.2, 0) is 4.79 Å². The van der Waals surface area contributed by atoms with Crippen molar-refractivity contribution >= 4 is 23.2 Å². The van der Waals surface area contributed by atoms with E-state index >= 15 is 0 Å². The number of hydrogen-bond donors (Lipinski definition) is 0. The number of non-ortho nitro benzene ring substituents is 1. The Morgan fingerprint density at radius 3 is 2.52 bits per heavy atom. The van der Waals surface area contributed by atoms with Crippen LogP contribution in [0.1, 0.15) is 15.9 Å². The van der Waals surface area contributed by atoms with E-state index in [1.165, 1.54) is 24.3 Å². The number of aliphatic imine (C=N–C) groups is 1. The average molecular weight is 286 g/mol. The van der Waals surface area contributed by atoms with Gasteiger partial charge < -0.3 is 0 Å². The quantitative estimate of drug-likeness (QED) is 0.284. The fourth-order valence-electron chi connectivity index (χ4n) is 1.76. The number of nitrogens with zero attached hydrogens (tertiary/aromatic N) is 2. The van der Waals surface area contributed by atoms with Crippen LogP contribution in [0.5, 0.6) is 0 Å². The maximum atomic E-state index is 13.6. The lowest BCUT2D eigenvalue weighted by molar-refractivity contribution is -0.384. The highest BCUT2D eigenvalue weighted by Gasteiger charge is 2.20. The molecule has 2 aromatic carbocycles. The molecule has 0 aromatic heterocycles. The molecule has 0 saturated heterocycles. The van der Waals surface area contributed by atoms with Gasteiger partial charge in [0.05, 0.1) is 21.7 Å². The summed E-state index contributed by atoms with van der Waals surface area (Å²) in [5.41, 5.74) is -0.971. The first-order valence-corrected chi connectivity index (χ1v) is 5.70. The van der Waals surface area contributed by atoms with Crippen molar-refractivity contribution < 1.29 is 18.9 Å². The number of rotatable bonds is 4. The van der Waals surface area contributed by atoms with Gasteiger partial charge >= 0.3 is 0 Å². The first-order valence-electron chi connectivity index (χ1n) is 5.70. The molecule has 0 bridgehead atoms. The molecule has 0 aliphatic rings. The molecular formula is C14H7FN2O4. The van der Waals surface area contributed by atoms with Crippen LogP contribution in [0.15, 0.2) is 47.5 Å². The molecule has 7 heteroatoms. The zero-order valence-electron chi connectivity index (χ0n) is 10.4. The highest BCUT2D eigenvalue weighted by atomic mass is 19.1. The van der Waals surface area contributed by atoms with Gasteiger partial charge in [0.2, 0.25) is 6.08 Å². The highest BCUT2D eigenvalue weighted by Crippen LogP contribution is 2.27. The topological polar surface area (TPSA) is 89.6 Å². The molecular weight excluding hydrogens is 279 g/mol. The first kappa shape index (κ1) is 14.2. The second-order valence-corrected chi connectivity index (χ2v) is 3.97. The molecule has 0 atom stereocenters. The lowest BCUT2D eigenvalue weighted by Gasteiger charge is -2.05. The standard InChI is InChI=1S/C14H7FN2O4/c15-12-4-2-1-3-10(12)14(19)11-7-9(17(20)21)5-6-13(11)16-8-18/h1-7H. The second-order valence-electron chi connectivity index (χ2n) is 3.97. The summed E-state index contributed by atoms with van der Waals surface area (Å²) in [6.07, 6.45) is 1.25. The maximum absolute atomic E-state index is 13.6. The lowest BCUT2D eigenvalue weighted by atomic mass is 10.0. The molecule has 0 saturated carbocycles. The van der Waals surface area contributed by atoms with Crippen LogP contribution >= 0.6 is 0 Å². The number of nitro groups is 1. The number of nitro benzene ring substituents is 1. The summed E-state index contributed by atoms with van der Waals surface area (Å²) in [6, 6.07) is 8.37. The summed E-state index contributed by atoms with van der Waals surface area (Å²) in [7, 11) is 0. The van der Waals surface area contributed by atoms with Crippen molar-refractivity contribution in [3.63, 3.8) is 0 Å². The molecule has 0 heterocycles. The van der Waals surface area contributed by atoms with E-state index in [2.05, 4.69) is 4.99 Å².